The van der Waals surface area contributed by atoms with Crippen LogP contribution in [-0.4, -0.2) is 29.6 Å². The van der Waals surface area contributed by atoms with Crippen molar-refractivity contribution in [2.24, 2.45) is 4.99 Å². The van der Waals surface area contributed by atoms with E-state index in [1.54, 1.807) is 12.4 Å². The van der Waals surface area contributed by atoms with Gasteiger partial charge in [0.1, 0.15) is 17.8 Å². The lowest BCUT2D eigenvalue weighted by Crippen LogP contribution is -2.27. The van der Waals surface area contributed by atoms with Gasteiger partial charge in [0.15, 0.2) is 0 Å². The first-order chi connectivity index (χ1) is 16.0. The largest absolute Gasteiger partial charge is 0.346 e. The summed E-state index contributed by atoms with van der Waals surface area (Å²) >= 11 is 0. The summed E-state index contributed by atoms with van der Waals surface area (Å²) in [4.78, 5) is 15.3. The van der Waals surface area contributed by atoms with Gasteiger partial charge in [0.05, 0.1) is 10.6 Å². The standard InChI is InChI=1S/C23H17FN6O2S/c24-16-2-1-3-17(10-16)33(31,32)30-21-9-15(11-26-12-25)20-8-14(4-5-18(20)21)22-19-6-7-27-23(19)29-13-28-22/h1-8,10-11,13,15,21,30H,9H2,(H,27,28,29)/t15?,21-/m1/s1. The van der Waals surface area contributed by atoms with E-state index in [2.05, 4.69) is 24.7 Å². The van der Waals surface area contributed by atoms with Crippen LogP contribution in [0.25, 0.3) is 22.3 Å². The van der Waals surface area contributed by atoms with Crippen molar-refractivity contribution in [3.63, 3.8) is 0 Å². The molecule has 2 N–H and O–H groups in total. The molecule has 0 bridgehead atoms. The lowest BCUT2D eigenvalue weighted by molar-refractivity contribution is 0.549. The van der Waals surface area contributed by atoms with Crippen LogP contribution in [0, 0.1) is 17.3 Å². The number of benzene rings is 2. The molecule has 0 fully saturated rings. The SMILES string of the molecule is N#CN=CC1C[C@@H](NS(=O)(=O)c2cccc(F)c2)c2ccc(-c3ncnc4[nH]ccc34)cc21. The second-order valence-corrected chi connectivity index (χ2v) is 9.37. The van der Waals surface area contributed by atoms with Gasteiger partial charge in [-0.1, -0.05) is 18.2 Å². The second kappa shape index (κ2) is 8.20. The molecule has 0 saturated carbocycles. The molecular formula is C23H17FN6O2S. The number of hydrogen-bond donors (Lipinski definition) is 2. The molecule has 0 amide bonds. The predicted octanol–water partition coefficient (Wildman–Crippen LogP) is 3.82. The lowest BCUT2D eigenvalue weighted by atomic mass is 9.98. The fraction of sp³-hybridized carbons (Fsp3) is 0.130. The second-order valence-electron chi connectivity index (χ2n) is 7.66. The molecular weight excluding hydrogens is 443 g/mol. The quantitative estimate of drug-likeness (QED) is 0.346. The summed E-state index contributed by atoms with van der Waals surface area (Å²) in [6, 6.07) is 11.9. The van der Waals surface area contributed by atoms with Gasteiger partial charge in [-0.05, 0) is 47.9 Å². The molecule has 10 heteroatoms. The van der Waals surface area contributed by atoms with Gasteiger partial charge in [0.25, 0.3) is 0 Å². The number of nitriles is 1. The monoisotopic (exact) mass is 460 g/mol. The van der Waals surface area contributed by atoms with Crippen LogP contribution in [0.2, 0.25) is 0 Å². The summed E-state index contributed by atoms with van der Waals surface area (Å²) in [5.41, 5.74) is 3.91. The summed E-state index contributed by atoms with van der Waals surface area (Å²) in [5, 5.41) is 9.78. The molecule has 1 aliphatic rings. The molecule has 2 atom stereocenters. The third-order valence-electron chi connectivity index (χ3n) is 5.69. The van der Waals surface area contributed by atoms with Gasteiger partial charge >= 0.3 is 0 Å². The highest BCUT2D eigenvalue weighted by atomic mass is 32.2. The summed E-state index contributed by atoms with van der Waals surface area (Å²) < 4.78 is 42.1. The number of hydrogen-bond acceptors (Lipinski definition) is 6. The summed E-state index contributed by atoms with van der Waals surface area (Å²) in [6.07, 6.45) is 6.91. The van der Waals surface area contributed by atoms with Crippen molar-refractivity contribution < 1.29 is 12.8 Å². The Morgan fingerprint density at radius 2 is 2.06 bits per heavy atom. The first-order valence-electron chi connectivity index (χ1n) is 10.1. The first kappa shape index (κ1) is 20.9. The fourth-order valence-electron chi connectivity index (χ4n) is 4.24. The molecule has 0 aliphatic heterocycles. The molecule has 2 aromatic carbocycles. The number of nitrogens with zero attached hydrogens (tertiary/aromatic N) is 4. The number of rotatable bonds is 5. The Bertz CT molecular complexity index is 1540. The van der Waals surface area contributed by atoms with Crippen LogP contribution in [0.4, 0.5) is 4.39 Å². The minimum Gasteiger partial charge on any atom is -0.346 e. The molecule has 4 aromatic rings. The number of aromatic amines is 1. The van der Waals surface area contributed by atoms with E-state index in [1.807, 2.05) is 24.3 Å². The van der Waals surface area contributed by atoms with E-state index in [9.17, 15) is 12.8 Å². The number of aliphatic imine (C=N–C) groups is 1. The van der Waals surface area contributed by atoms with Crippen LogP contribution in [0.5, 0.6) is 0 Å². The Labute approximate surface area is 188 Å². The van der Waals surface area contributed by atoms with E-state index in [0.29, 0.717) is 12.1 Å². The topological polar surface area (TPSA) is 124 Å². The molecule has 2 heterocycles. The van der Waals surface area contributed by atoms with Gasteiger partial charge < -0.3 is 4.98 Å². The number of fused-ring (bicyclic) bond motifs is 2. The Balaban J connectivity index is 1.55. The van der Waals surface area contributed by atoms with Gasteiger partial charge in [-0.15, -0.1) is 0 Å². The molecule has 0 radical (unpaired) electrons. The van der Waals surface area contributed by atoms with Gasteiger partial charge in [-0.25, -0.2) is 27.5 Å². The Hall–Kier alpha value is -3.94. The van der Waals surface area contributed by atoms with Crippen molar-refractivity contribution in [3.8, 4) is 17.5 Å². The maximum absolute atomic E-state index is 13.6. The number of aromatic nitrogens is 3. The minimum absolute atomic E-state index is 0.148. The van der Waals surface area contributed by atoms with E-state index in [0.717, 1.165) is 33.8 Å². The molecule has 1 unspecified atom stereocenters. The minimum atomic E-state index is -3.96. The normalized spacial score (nSPS) is 17.9. The zero-order chi connectivity index (χ0) is 23.0. The molecule has 164 valence electrons. The smallest absolute Gasteiger partial charge is 0.241 e. The zero-order valence-corrected chi connectivity index (χ0v) is 17.9. The molecule has 1 aliphatic carbocycles. The highest BCUT2D eigenvalue weighted by molar-refractivity contribution is 7.89. The van der Waals surface area contributed by atoms with Crippen molar-refractivity contribution >= 4 is 27.3 Å². The van der Waals surface area contributed by atoms with E-state index in [1.165, 1.54) is 30.7 Å². The first-order valence-corrected chi connectivity index (χ1v) is 11.6. The van der Waals surface area contributed by atoms with E-state index in [-0.39, 0.29) is 10.8 Å². The van der Waals surface area contributed by atoms with Crippen LogP contribution in [0.15, 0.2) is 70.9 Å². The molecule has 8 nitrogen and oxygen atoms in total. The molecule has 0 spiro atoms. The maximum atomic E-state index is 13.6. The van der Waals surface area contributed by atoms with Gasteiger partial charge in [-0.2, -0.15) is 10.3 Å². The van der Waals surface area contributed by atoms with Gasteiger partial charge in [-0.3, -0.25) is 0 Å². The fourth-order valence-corrected chi connectivity index (χ4v) is 5.50. The Morgan fingerprint density at radius 1 is 1.18 bits per heavy atom. The number of H-pyrrole nitrogens is 1. The van der Waals surface area contributed by atoms with Crippen LogP contribution in [-0.2, 0) is 10.0 Å². The van der Waals surface area contributed by atoms with E-state index >= 15 is 0 Å². The van der Waals surface area contributed by atoms with E-state index in [4.69, 9.17) is 5.26 Å². The van der Waals surface area contributed by atoms with Crippen molar-refractivity contribution in [1.29, 1.82) is 5.26 Å². The van der Waals surface area contributed by atoms with Crippen molar-refractivity contribution in [3.05, 3.63) is 78.0 Å². The Morgan fingerprint density at radius 3 is 2.88 bits per heavy atom. The molecule has 5 rings (SSSR count). The molecule has 33 heavy (non-hydrogen) atoms. The summed E-state index contributed by atoms with van der Waals surface area (Å²) in [6.45, 7) is 0. The lowest BCUT2D eigenvalue weighted by Gasteiger charge is -2.15. The van der Waals surface area contributed by atoms with Crippen LogP contribution < -0.4 is 4.72 Å². The van der Waals surface area contributed by atoms with Crippen LogP contribution in [0.1, 0.15) is 29.5 Å². The van der Waals surface area contributed by atoms with Crippen molar-refractivity contribution in [1.82, 2.24) is 19.7 Å². The van der Waals surface area contributed by atoms with Gasteiger partial charge in [0, 0.05) is 35.3 Å². The third kappa shape index (κ3) is 3.88. The van der Waals surface area contributed by atoms with Gasteiger partial charge in [0.2, 0.25) is 16.2 Å². The average molecular weight is 460 g/mol. The Kier molecular flexibility index (Phi) is 5.20. The highest BCUT2D eigenvalue weighted by Crippen LogP contribution is 2.42. The van der Waals surface area contributed by atoms with Crippen LogP contribution >= 0.6 is 0 Å². The van der Waals surface area contributed by atoms with E-state index < -0.39 is 21.9 Å². The molecule has 0 saturated heterocycles. The predicted molar refractivity (Wildman–Crippen MR) is 120 cm³/mol. The number of nitrogens with one attached hydrogen (secondary N) is 2. The number of halogens is 1. The van der Waals surface area contributed by atoms with Crippen molar-refractivity contribution in [2.75, 3.05) is 0 Å². The van der Waals surface area contributed by atoms with Crippen LogP contribution in [0.3, 0.4) is 0 Å². The summed E-state index contributed by atoms with van der Waals surface area (Å²) in [5.74, 6) is -0.905. The van der Waals surface area contributed by atoms with Crippen molar-refractivity contribution in [2.45, 2.75) is 23.3 Å². The summed E-state index contributed by atoms with van der Waals surface area (Å²) in [7, 11) is -3.96. The number of sulfonamides is 1. The molecule has 2 aromatic heterocycles. The average Bonchev–Trinajstić information content (AvgIpc) is 3.42. The zero-order valence-electron chi connectivity index (χ0n) is 17.1. The third-order valence-corrected chi connectivity index (χ3v) is 7.16. The highest BCUT2D eigenvalue weighted by Gasteiger charge is 2.33. The maximum Gasteiger partial charge on any atom is 0.241 e.